The molecule has 0 fully saturated rings. The first kappa shape index (κ1) is 15.9. The number of hydrogen-bond acceptors (Lipinski definition) is 3. The van der Waals surface area contributed by atoms with Gasteiger partial charge in [-0.1, -0.05) is 26.0 Å². The van der Waals surface area contributed by atoms with Crippen molar-refractivity contribution in [1.82, 2.24) is 10.3 Å². The fraction of sp³-hybridized carbons (Fsp3) is 0.500. The molecule has 0 bridgehead atoms. The smallest absolute Gasteiger partial charge is 0.0763 e. The predicted molar refractivity (Wildman–Crippen MR) is 88.6 cm³/mol. The predicted octanol–water partition coefficient (Wildman–Crippen LogP) is 4.01. The van der Waals surface area contributed by atoms with Crippen LogP contribution in [0.5, 0.6) is 0 Å². The molecule has 0 aliphatic carbocycles. The minimum Gasteiger partial charge on any atom is -0.379 e. The fourth-order valence-electron chi connectivity index (χ4n) is 2.74. The molecule has 1 heterocycles. The van der Waals surface area contributed by atoms with E-state index in [1.807, 2.05) is 6.92 Å². The normalized spacial score (nSPS) is 14.3. The molecule has 114 valence electrons. The van der Waals surface area contributed by atoms with E-state index in [1.165, 1.54) is 10.9 Å². The topological polar surface area (TPSA) is 34.2 Å². The molecule has 2 rings (SSSR count). The van der Waals surface area contributed by atoms with Crippen molar-refractivity contribution >= 4 is 10.9 Å². The van der Waals surface area contributed by atoms with E-state index < -0.39 is 0 Å². The molecule has 0 saturated carbocycles. The Hall–Kier alpha value is -1.45. The van der Waals surface area contributed by atoms with Gasteiger partial charge in [0.2, 0.25) is 0 Å². The molecule has 0 radical (unpaired) electrons. The number of aromatic nitrogens is 1. The first-order valence-corrected chi connectivity index (χ1v) is 7.83. The summed E-state index contributed by atoms with van der Waals surface area (Å²) in [6.07, 6.45) is 2.29. The van der Waals surface area contributed by atoms with Gasteiger partial charge < -0.3 is 10.1 Å². The molecule has 0 amide bonds. The van der Waals surface area contributed by atoms with E-state index in [0.717, 1.165) is 30.6 Å². The molecular weight excluding hydrogens is 260 g/mol. The van der Waals surface area contributed by atoms with Crippen LogP contribution in [0.1, 0.15) is 44.0 Å². The lowest BCUT2D eigenvalue weighted by molar-refractivity contribution is 0.0651. The molecule has 3 nitrogen and oxygen atoms in total. The van der Waals surface area contributed by atoms with Crippen LogP contribution < -0.4 is 5.32 Å². The van der Waals surface area contributed by atoms with Gasteiger partial charge in [-0.25, -0.2) is 0 Å². The number of ether oxygens (including phenoxy) is 1. The van der Waals surface area contributed by atoms with Crippen LogP contribution in [-0.2, 0) is 4.74 Å². The largest absolute Gasteiger partial charge is 0.379 e. The molecule has 2 atom stereocenters. The molecule has 0 aliphatic rings. The zero-order valence-electron chi connectivity index (χ0n) is 13.5. The number of nitrogens with one attached hydrogen (secondary N) is 1. The lowest BCUT2D eigenvalue weighted by Crippen LogP contribution is -2.33. The first-order valence-electron chi connectivity index (χ1n) is 7.83. The highest BCUT2D eigenvalue weighted by Gasteiger charge is 2.21. The fourth-order valence-corrected chi connectivity index (χ4v) is 2.74. The lowest BCUT2D eigenvalue weighted by Gasteiger charge is -2.27. The number of hydrogen-bond donors (Lipinski definition) is 1. The third-order valence-corrected chi connectivity index (χ3v) is 3.90. The van der Waals surface area contributed by atoms with Crippen molar-refractivity contribution in [3.8, 4) is 0 Å². The highest BCUT2D eigenvalue weighted by Crippen LogP contribution is 2.25. The van der Waals surface area contributed by atoms with E-state index in [9.17, 15) is 0 Å². The quantitative estimate of drug-likeness (QED) is 0.835. The molecule has 1 aromatic heterocycles. The van der Waals surface area contributed by atoms with Gasteiger partial charge in [0.25, 0.3) is 0 Å². The molecule has 2 unspecified atom stereocenters. The van der Waals surface area contributed by atoms with Gasteiger partial charge in [-0.3, -0.25) is 4.98 Å². The van der Waals surface area contributed by atoms with Crippen LogP contribution >= 0.6 is 0 Å². The van der Waals surface area contributed by atoms with Gasteiger partial charge in [-0.2, -0.15) is 0 Å². The van der Waals surface area contributed by atoms with Gasteiger partial charge >= 0.3 is 0 Å². The molecule has 21 heavy (non-hydrogen) atoms. The lowest BCUT2D eigenvalue weighted by atomic mass is 9.97. The first-order chi connectivity index (χ1) is 10.2. The second-order valence-electron chi connectivity index (χ2n) is 5.52. The highest BCUT2D eigenvalue weighted by atomic mass is 16.5. The summed E-state index contributed by atoms with van der Waals surface area (Å²) in [7, 11) is 1.79. The summed E-state index contributed by atoms with van der Waals surface area (Å²) in [4.78, 5) is 4.57. The summed E-state index contributed by atoms with van der Waals surface area (Å²) in [5, 5.41) is 4.81. The van der Waals surface area contributed by atoms with Crippen LogP contribution in [-0.4, -0.2) is 24.7 Å². The van der Waals surface area contributed by atoms with Crippen LogP contribution in [0.15, 0.2) is 30.3 Å². The summed E-state index contributed by atoms with van der Waals surface area (Å²) in [5.74, 6) is 0. The van der Waals surface area contributed by atoms with Crippen LogP contribution in [0.25, 0.3) is 10.9 Å². The van der Waals surface area contributed by atoms with Crippen LogP contribution in [0.2, 0.25) is 0 Å². The van der Waals surface area contributed by atoms with Gasteiger partial charge in [0.05, 0.1) is 17.7 Å². The maximum atomic E-state index is 5.67. The van der Waals surface area contributed by atoms with Crippen LogP contribution in [0.4, 0.5) is 0 Å². The summed E-state index contributed by atoms with van der Waals surface area (Å²) < 4.78 is 5.67. The van der Waals surface area contributed by atoms with Crippen molar-refractivity contribution in [3.05, 3.63) is 41.6 Å². The van der Waals surface area contributed by atoms with E-state index in [2.05, 4.69) is 54.5 Å². The number of pyridine rings is 1. The van der Waals surface area contributed by atoms with Gasteiger partial charge in [0.1, 0.15) is 0 Å². The standard InChI is InChI=1S/C18H26N2O/c1-5-11-19-18(17(6-2)21-4)15-9-10-16-14(12-15)8-7-13(3)20-16/h7-10,12,17-19H,5-6,11H2,1-4H3. The van der Waals surface area contributed by atoms with Crippen molar-refractivity contribution in [2.75, 3.05) is 13.7 Å². The molecular formula is C18H26N2O. The van der Waals surface area contributed by atoms with Crippen LogP contribution in [0.3, 0.4) is 0 Å². The number of fused-ring (bicyclic) bond motifs is 1. The Kier molecular flexibility index (Phi) is 5.71. The molecule has 1 N–H and O–H groups in total. The van der Waals surface area contributed by atoms with Crippen molar-refractivity contribution in [1.29, 1.82) is 0 Å². The monoisotopic (exact) mass is 286 g/mol. The van der Waals surface area contributed by atoms with Gasteiger partial charge in [0.15, 0.2) is 0 Å². The van der Waals surface area contributed by atoms with Crippen molar-refractivity contribution in [2.45, 2.75) is 45.8 Å². The number of nitrogens with zero attached hydrogens (tertiary/aromatic N) is 1. The van der Waals surface area contributed by atoms with E-state index in [4.69, 9.17) is 4.74 Å². The summed E-state index contributed by atoms with van der Waals surface area (Å²) in [6.45, 7) is 7.37. The summed E-state index contributed by atoms with van der Waals surface area (Å²) in [5.41, 5.74) is 3.38. The molecule has 0 saturated heterocycles. The molecule has 0 aliphatic heterocycles. The average molecular weight is 286 g/mol. The SMILES string of the molecule is CCCNC(c1ccc2nc(C)ccc2c1)C(CC)OC. The number of methoxy groups -OCH3 is 1. The zero-order valence-corrected chi connectivity index (χ0v) is 13.5. The number of aryl methyl sites for hydroxylation is 1. The second-order valence-corrected chi connectivity index (χ2v) is 5.52. The van der Waals surface area contributed by atoms with Crippen LogP contribution in [0, 0.1) is 6.92 Å². The zero-order chi connectivity index (χ0) is 15.2. The van der Waals surface area contributed by atoms with Gasteiger partial charge in [-0.05, 0) is 50.1 Å². The van der Waals surface area contributed by atoms with E-state index in [1.54, 1.807) is 7.11 Å². The third kappa shape index (κ3) is 3.80. The molecule has 3 heteroatoms. The number of benzene rings is 1. The molecule has 1 aromatic carbocycles. The summed E-state index contributed by atoms with van der Waals surface area (Å²) in [6, 6.07) is 11.0. The average Bonchev–Trinajstić information content (AvgIpc) is 2.51. The Morgan fingerprint density at radius 3 is 2.67 bits per heavy atom. The Morgan fingerprint density at radius 1 is 1.19 bits per heavy atom. The third-order valence-electron chi connectivity index (χ3n) is 3.90. The second kappa shape index (κ2) is 7.53. The van der Waals surface area contributed by atoms with Crippen molar-refractivity contribution < 1.29 is 4.74 Å². The van der Waals surface area contributed by atoms with Crippen molar-refractivity contribution in [2.24, 2.45) is 0 Å². The highest BCUT2D eigenvalue weighted by molar-refractivity contribution is 5.79. The van der Waals surface area contributed by atoms with E-state index in [0.29, 0.717) is 0 Å². The minimum absolute atomic E-state index is 0.187. The Labute approximate surface area is 127 Å². The Balaban J connectivity index is 2.36. The Bertz CT molecular complexity index is 578. The van der Waals surface area contributed by atoms with Gasteiger partial charge in [-0.15, -0.1) is 0 Å². The minimum atomic E-state index is 0.187. The summed E-state index contributed by atoms with van der Waals surface area (Å²) >= 11 is 0. The molecule has 0 spiro atoms. The molecule has 2 aromatic rings. The van der Waals surface area contributed by atoms with E-state index >= 15 is 0 Å². The van der Waals surface area contributed by atoms with E-state index in [-0.39, 0.29) is 12.1 Å². The maximum absolute atomic E-state index is 5.67. The maximum Gasteiger partial charge on any atom is 0.0763 e. The van der Waals surface area contributed by atoms with Crippen molar-refractivity contribution in [3.63, 3.8) is 0 Å². The number of rotatable bonds is 7. The van der Waals surface area contributed by atoms with Gasteiger partial charge in [0, 0.05) is 18.2 Å². The Morgan fingerprint density at radius 2 is 2.00 bits per heavy atom.